The van der Waals surface area contributed by atoms with E-state index >= 15 is 0 Å². The van der Waals surface area contributed by atoms with E-state index in [0.717, 1.165) is 15.8 Å². The molecule has 0 saturated heterocycles. The number of benzene rings is 1. The van der Waals surface area contributed by atoms with Crippen LogP contribution in [-0.4, -0.2) is 22.3 Å². The summed E-state index contributed by atoms with van der Waals surface area (Å²) in [5.74, 6) is 0.733. The van der Waals surface area contributed by atoms with Crippen molar-refractivity contribution in [3.05, 3.63) is 24.5 Å². The lowest BCUT2D eigenvalue weighted by molar-refractivity contribution is 0.405. The molecule has 0 spiro atoms. The molecule has 0 saturated carbocycles. The van der Waals surface area contributed by atoms with Crippen LogP contribution in [0, 0.1) is 0 Å². The Hall–Kier alpha value is -1.69. The zero-order valence-corrected chi connectivity index (χ0v) is 8.91. The van der Waals surface area contributed by atoms with Gasteiger partial charge < -0.3 is 10.5 Å². The average Bonchev–Trinajstić information content (AvgIpc) is 2.73. The fraction of sp³-hybridized carbons (Fsp3) is 0.111. The number of anilines is 1. The standard InChI is InChI=1S/C9H10N4OS/c1-14-7-4-6(10)2-3-8(7)15-9-11-5-12-13-9/h2-5H,10H2,1H3,(H,11,12,13). The third kappa shape index (κ3) is 2.21. The molecule has 3 N–H and O–H groups in total. The van der Waals surface area contributed by atoms with Crippen LogP contribution in [0.2, 0.25) is 0 Å². The van der Waals surface area contributed by atoms with E-state index in [1.165, 1.54) is 18.1 Å². The van der Waals surface area contributed by atoms with Gasteiger partial charge in [-0.05, 0) is 23.9 Å². The van der Waals surface area contributed by atoms with E-state index in [-0.39, 0.29) is 0 Å². The number of nitrogen functional groups attached to an aromatic ring is 1. The highest BCUT2D eigenvalue weighted by Crippen LogP contribution is 2.33. The van der Waals surface area contributed by atoms with Gasteiger partial charge in [0.05, 0.1) is 12.0 Å². The normalized spacial score (nSPS) is 10.2. The second kappa shape index (κ2) is 4.22. The molecule has 0 unspecified atom stereocenters. The van der Waals surface area contributed by atoms with Crippen molar-refractivity contribution in [1.29, 1.82) is 0 Å². The predicted molar refractivity (Wildman–Crippen MR) is 57.9 cm³/mol. The number of aromatic amines is 1. The predicted octanol–water partition coefficient (Wildman–Crippen LogP) is 1.55. The SMILES string of the molecule is COc1cc(N)ccc1Sc1ncn[nH]1. The summed E-state index contributed by atoms with van der Waals surface area (Å²) in [6, 6.07) is 5.49. The van der Waals surface area contributed by atoms with Gasteiger partial charge in [0, 0.05) is 11.8 Å². The lowest BCUT2D eigenvalue weighted by Gasteiger charge is -2.06. The van der Waals surface area contributed by atoms with Crippen molar-refractivity contribution in [2.24, 2.45) is 0 Å². The van der Waals surface area contributed by atoms with Crippen LogP contribution in [0.3, 0.4) is 0 Å². The van der Waals surface area contributed by atoms with Gasteiger partial charge in [0.25, 0.3) is 0 Å². The number of hydrogen-bond acceptors (Lipinski definition) is 5. The summed E-state index contributed by atoms with van der Waals surface area (Å²) in [6.45, 7) is 0. The number of nitrogens with zero attached hydrogens (tertiary/aromatic N) is 2. The van der Waals surface area contributed by atoms with Crippen molar-refractivity contribution >= 4 is 17.4 Å². The van der Waals surface area contributed by atoms with Crippen molar-refractivity contribution in [2.75, 3.05) is 12.8 Å². The van der Waals surface area contributed by atoms with Crippen molar-refractivity contribution in [3.63, 3.8) is 0 Å². The largest absolute Gasteiger partial charge is 0.495 e. The highest BCUT2D eigenvalue weighted by atomic mass is 32.2. The number of ether oxygens (including phenoxy) is 1. The van der Waals surface area contributed by atoms with Crippen LogP contribution in [0.25, 0.3) is 0 Å². The number of methoxy groups -OCH3 is 1. The molecule has 0 bridgehead atoms. The Labute approximate surface area is 91.0 Å². The third-order valence-corrected chi connectivity index (χ3v) is 2.73. The van der Waals surface area contributed by atoms with Gasteiger partial charge in [-0.25, -0.2) is 4.98 Å². The molecule has 78 valence electrons. The first-order valence-corrected chi connectivity index (χ1v) is 5.08. The van der Waals surface area contributed by atoms with Crippen LogP contribution < -0.4 is 10.5 Å². The molecule has 6 heteroatoms. The van der Waals surface area contributed by atoms with Gasteiger partial charge in [-0.3, -0.25) is 5.10 Å². The molecule has 0 aliphatic rings. The Bertz CT molecular complexity index is 443. The van der Waals surface area contributed by atoms with E-state index in [0.29, 0.717) is 5.69 Å². The van der Waals surface area contributed by atoms with Gasteiger partial charge >= 0.3 is 0 Å². The summed E-state index contributed by atoms with van der Waals surface area (Å²) >= 11 is 1.44. The van der Waals surface area contributed by atoms with E-state index in [1.54, 1.807) is 13.2 Å². The molecule has 0 aliphatic heterocycles. The average molecular weight is 222 g/mol. The molecule has 15 heavy (non-hydrogen) atoms. The minimum atomic E-state index is 0.675. The minimum absolute atomic E-state index is 0.675. The first-order chi connectivity index (χ1) is 7.29. The Morgan fingerprint density at radius 1 is 1.47 bits per heavy atom. The van der Waals surface area contributed by atoms with Crippen LogP contribution in [-0.2, 0) is 0 Å². The summed E-state index contributed by atoms with van der Waals surface area (Å²) in [6.07, 6.45) is 1.46. The maximum absolute atomic E-state index is 5.65. The number of nitrogens with two attached hydrogens (primary N) is 1. The molecule has 5 nitrogen and oxygen atoms in total. The van der Waals surface area contributed by atoms with E-state index in [9.17, 15) is 0 Å². The van der Waals surface area contributed by atoms with Crippen molar-refractivity contribution in [2.45, 2.75) is 10.1 Å². The lowest BCUT2D eigenvalue weighted by Crippen LogP contribution is -1.90. The van der Waals surface area contributed by atoms with Gasteiger partial charge in [0.2, 0.25) is 0 Å². The minimum Gasteiger partial charge on any atom is -0.495 e. The Kier molecular flexibility index (Phi) is 2.77. The first kappa shape index (κ1) is 9.85. The molecular weight excluding hydrogens is 212 g/mol. The molecule has 1 heterocycles. The molecule has 0 atom stereocenters. The van der Waals surface area contributed by atoms with Crippen molar-refractivity contribution < 1.29 is 4.74 Å². The Balaban J connectivity index is 2.28. The maximum Gasteiger partial charge on any atom is 0.188 e. The number of H-pyrrole nitrogens is 1. The fourth-order valence-electron chi connectivity index (χ4n) is 1.12. The topological polar surface area (TPSA) is 76.8 Å². The van der Waals surface area contributed by atoms with Gasteiger partial charge in [-0.1, -0.05) is 0 Å². The van der Waals surface area contributed by atoms with Gasteiger partial charge in [-0.2, -0.15) is 5.10 Å². The Morgan fingerprint density at radius 2 is 2.33 bits per heavy atom. The van der Waals surface area contributed by atoms with Crippen molar-refractivity contribution in [3.8, 4) is 5.75 Å². The summed E-state index contributed by atoms with van der Waals surface area (Å²) in [4.78, 5) is 4.97. The summed E-state index contributed by atoms with van der Waals surface area (Å²) < 4.78 is 5.21. The van der Waals surface area contributed by atoms with Crippen LogP contribution in [0.1, 0.15) is 0 Å². The molecule has 1 aromatic carbocycles. The number of hydrogen-bond donors (Lipinski definition) is 2. The summed E-state index contributed by atoms with van der Waals surface area (Å²) in [7, 11) is 1.61. The van der Waals surface area contributed by atoms with E-state index in [1.807, 2.05) is 12.1 Å². The number of nitrogens with one attached hydrogen (secondary N) is 1. The van der Waals surface area contributed by atoms with Crippen LogP contribution in [0.15, 0.2) is 34.6 Å². The quantitative estimate of drug-likeness (QED) is 0.770. The monoisotopic (exact) mass is 222 g/mol. The van der Waals surface area contributed by atoms with E-state index < -0.39 is 0 Å². The summed E-state index contributed by atoms with van der Waals surface area (Å²) in [5, 5.41) is 7.26. The number of aromatic nitrogens is 3. The smallest absolute Gasteiger partial charge is 0.188 e. The van der Waals surface area contributed by atoms with E-state index in [4.69, 9.17) is 10.5 Å². The molecule has 2 rings (SSSR count). The zero-order valence-electron chi connectivity index (χ0n) is 8.10. The van der Waals surface area contributed by atoms with Gasteiger partial charge in [-0.15, -0.1) is 0 Å². The number of rotatable bonds is 3. The maximum atomic E-state index is 5.65. The van der Waals surface area contributed by atoms with Crippen LogP contribution in [0.4, 0.5) is 5.69 Å². The third-order valence-electron chi connectivity index (χ3n) is 1.79. The van der Waals surface area contributed by atoms with Crippen molar-refractivity contribution in [1.82, 2.24) is 15.2 Å². The molecular formula is C9H10N4OS. The van der Waals surface area contributed by atoms with E-state index in [2.05, 4.69) is 15.2 Å². The molecule has 0 radical (unpaired) electrons. The van der Waals surface area contributed by atoms with Crippen LogP contribution in [0.5, 0.6) is 5.75 Å². The molecule has 2 aromatic rings. The summed E-state index contributed by atoms with van der Waals surface area (Å²) in [5.41, 5.74) is 6.33. The highest BCUT2D eigenvalue weighted by molar-refractivity contribution is 7.99. The molecule has 0 fully saturated rings. The Morgan fingerprint density at radius 3 is 3.00 bits per heavy atom. The molecule has 0 amide bonds. The lowest BCUT2D eigenvalue weighted by atomic mass is 10.3. The second-order valence-corrected chi connectivity index (χ2v) is 3.83. The van der Waals surface area contributed by atoms with Gasteiger partial charge in [0.1, 0.15) is 12.1 Å². The van der Waals surface area contributed by atoms with Crippen LogP contribution >= 0.6 is 11.8 Å². The molecule has 1 aromatic heterocycles. The molecule has 0 aliphatic carbocycles. The highest BCUT2D eigenvalue weighted by Gasteiger charge is 2.06. The first-order valence-electron chi connectivity index (χ1n) is 4.26. The zero-order chi connectivity index (χ0) is 10.7. The van der Waals surface area contributed by atoms with Gasteiger partial charge in [0.15, 0.2) is 5.16 Å². The second-order valence-electron chi connectivity index (χ2n) is 2.80. The fourth-order valence-corrected chi connectivity index (χ4v) is 1.90.